The molecule has 480 valence electrons. The maximum absolute atomic E-state index is 15.4. The minimum atomic E-state index is -7.22. The van der Waals surface area contributed by atoms with Crippen LogP contribution in [-0.2, 0) is 27.7 Å². The Morgan fingerprint density at radius 1 is 0.0879 bits per heavy atom. The molecular weight excluding hydrogens is 1560 g/mol. The summed E-state index contributed by atoms with van der Waals surface area (Å²) in [6, 6.07) is 0. The van der Waals surface area contributed by atoms with E-state index in [0.717, 1.165) is 0 Å². The molecule has 43 heteroatoms. The van der Waals surface area contributed by atoms with Crippen molar-refractivity contribution in [3.05, 3.63) is 233 Å². The van der Waals surface area contributed by atoms with Crippen LogP contribution in [-0.4, -0.2) is 12.3 Å². The zero-order valence-corrected chi connectivity index (χ0v) is 46.5. The first kappa shape index (κ1) is 72.1. The maximum Gasteiger partial charge on any atom is 2.00 e. The van der Waals surface area contributed by atoms with Crippen molar-refractivity contribution in [3.8, 4) is 0 Å². The van der Waals surface area contributed by atoms with E-state index < -0.39 is 289 Å². The molecule has 0 radical (unpaired) electrons. The first-order chi connectivity index (χ1) is 41.4. The van der Waals surface area contributed by atoms with Gasteiger partial charge in [0.1, 0.15) is 105 Å². The van der Waals surface area contributed by atoms with Crippen LogP contribution in [0.2, 0.25) is 0 Å². The molecule has 0 atom stereocenters. The number of hydrogen-bond donors (Lipinski definition) is 0. The zero-order chi connectivity index (χ0) is 68.7. The molecule has 91 heavy (non-hydrogen) atoms. The molecule has 0 unspecified atom stereocenters. The van der Waals surface area contributed by atoms with Gasteiger partial charge in [0.2, 0.25) is 0 Å². The normalized spacial score (nSPS) is 11.9. The predicted molar refractivity (Wildman–Crippen MR) is 218 cm³/mol. The summed E-state index contributed by atoms with van der Waals surface area (Å²) in [7, 11) is 0. The Morgan fingerprint density at radius 2 is 0.132 bits per heavy atom. The summed E-state index contributed by atoms with van der Waals surface area (Å²) in [6.45, 7) is 0. The summed E-state index contributed by atoms with van der Waals surface area (Å²) < 4.78 is 588. The molecular formula is C48B2F40Hg. The van der Waals surface area contributed by atoms with Crippen LogP contribution in [0.3, 0.4) is 0 Å². The number of rotatable bonds is 8. The molecule has 0 spiro atoms. The summed E-state index contributed by atoms with van der Waals surface area (Å²) in [5.74, 6) is -143. The molecule has 0 aromatic heterocycles. The second-order valence-corrected chi connectivity index (χ2v) is 17.6. The van der Waals surface area contributed by atoms with E-state index in [2.05, 4.69) is 0 Å². The van der Waals surface area contributed by atoms with E-state index in [9.17, 15) is 105 Å². The van der Waals surface area contributed by atoms with Crippen LogP contribution < -0.4 is 43.7 Å². The molecule has 0 fully saturated rings. The molecule has 0 aliphatic rings. The fourth-order valence-electron chi connectivity index (χ4n) is 9.75. The third-order valence-corrected chi connectivity index (χ3v) is 13.4. The first-order valence-electron chi connectivity index (χ1n) is 21.9. The Bertz CT molecular complexity index is 3430. The van der Waals surface area contributed by atoms with Gasteiger partial charge in [0, 0.05) is 0 Å². The van der Waals surface area contributed by atoms with E-state index >= 15 is 70.2 Å². The quantitative estimate of drug-likeness (QED) is 0.0616. The third kappa shape index (κ3) is 9.76. The smallest absolute Gasteiger partial charge is 0.207 e. The molecule has 0 amide bonds. The van der Waals surface area contributed by atoms with Crippen LogP contribution >= 0.6 is 0 Å². The van der Waals surface area contributed by atoms with Gasteiger partial charge in [-0.15, -0.1) is 43.7 Å². The largest absolute Gasteiger partial charge is 2.00 e. The second-order valence-electron chi connectivity index (χ2n) is 17.6. The second kappa shape index (κ2) is 24.6. The van der Waals surface area contributed by atoms with Gasteiger partial charge in [-0.3, -0.25) is 0 Å². The molecule has 0 nitrogen and oxygen atoms in total. The monoisotopic (exact) mass is 1560 g/mol. The van der Waals surface area contributed by atoms with Crippen molar-refractivity contribution in [2.24, 2.45) is 0 Å². The summed E-state index contributed by atoms with van der Waals surface area (Å²) in [5.41, 5.74) is -28.7. The number of halogens is 40. The SMILES string of the molecule is Fc1c(F)c(F)c([B-](c2c(F)c(F)c(F)c(F)c2F)(c2c(F)c(F)c(F)c(F)c2F)c2c(F)c(F)c(F)c(F)c2F)c(F)c1F.Fc1c(F)c(F)c([B-](c2c(F)c(F)c(F)c(F)c2F)(c2c(F)c(F)c(F)c(F)c2F)c2c(F)c(F)c(F)c(F)c2F)c(F)c1F.[Hg+2]. The average molecular weight is 1560 g/mol. The molecule has 8 rings (SSSR count). The molecule has 0 bridgehead atoms. The first-order valence-corrected chi connectivity index (χ1v) is 21.9. The van der Waals surface area contributed by atoms with Gasteiger partial charge in [0.05, 0.1) is 0 Å². The van der Waals surface area contributed by atoms with Gasteiger partial charge >= 0.3 is 27.7 Å². The molecule has 0 saturated heterocycles. The summed E-state index contributed by atoms with van der Waals surface area (Å²) >= 11 is 0. The zero-order valence-electron chi connectivity index (χ0n) is 41.0. The summed E-state index contributed by atoms with van der Waals surface area (Å²) in [5, 5.41) is 0. The summed E-state index contributed by atoms with van der Waals surface area (Å²) in [4.78, 5) is 0. The Hall–Kier alpha value is -7.98. The van der Waals surface area contributed by atoms with Gasteiger partial charge in [-0.05, 0) is 0 Å². The number of benzene rings is 8. The van der Waals surface area contributed by atoms with E-state index in [0.29, 0.717) is 0 Å². The van der Waals surface area contributed by atoms with Crippen molar-refractivity contribution in [1.82, 2.24) is 0 Å². The van der Waals surface area contributed by atoms with Gasteiger partial charge in [-0.25, -0.2) is 176 Å². The van der Waals surface area contributed by atoms with Crippen molar-refractivity contribution in [2.75, 3.05) is 0 Å². The van der Waals surface area contributed by atoms with Crippen LogP contribution in [0.1, 0.15) is 0 Å². The molecule has 8 aromatic carbocycles. The van der Waals surface area contributed by atoms with Crippen LogP contribution in [0.4, 0.5) is 176 Å². The minimum Gasteiger partial charge on any atom is -0.207 e. The minimum absolute atomic E-state index is 0. The van der Waals surface area contributed by atoms with Crippen LogP contribution in [0, 0.1) is 233 Å². The molecule has 0 saturated carbocycles. The van der Waals surface area contributed by atoms with Crippen molar-refractivity contribution < 1.29 is 203 Å². The molecule has 0 aliphatic heterocycles. The van der Waals surface area contributed by atoms with Gasteiger partial charge in [0.15, 0.2) is 140 Å². The van der Waals surface area contributed by atoms with Crippen LogP contribution in [0.15, 0.2) is 0 Å². The third-order valence-electron chi connectivity index (χ3n) is 13.4. The summed E-state index contributed by atoms with van der Waals surface area (Å²) in [6.07, 6.45) is -14.4. The van der Waals surface area contributed by atoms with Crippen molar-refractivity contribution in [1.29, 1.82) is 0 Å². The molecule has 0 aliphatic carbocycles. The van der Waals surface area contributed by atoms with Crippen molar-refractivity contribution >= 4 is 56.0 Å². The van der Waals surface area contributed by atoms with Gasteiger partial charge in [-0.2, -0.15) is 0 Å². The Balaban J connectivity index is 0.000000286. The predicted octanol–water partition coefficient (Wildman–Crippen LogP) is 11.7. The maximum atomic E-state index is 15.4. The van der Waals surface area contributed by atoms with Crippen molar-refractivity contribution in [3.63, 3.8) is 0 Å². The molecule has 8 aromatic rings. The van der Waals surface area contributed by atoms with Crippen LogP contribution in [0.5, 0.6) is 0 Å². The van der Waals surface area contributed by atoms with E-state index in [1.54, 1.807) is 0 Å². The Kier molecular flexibility index (Phi) is 19.5. The Morgan fingerprint density at radius 3 is 0.187 bits per heavy atom. The van der Waals surface area contributed by atoms with Crippen LogP contribution in [0.25, 0.3) is 0 Å². The molecule has 0 N–H and O–H groups in total. The van der Waals surface area contributed by atoms with Gasteiger partial charge in [-0.1, -0.05) is 0 Å². The standard InChI is InChI=1S/2C24BF20.Hg/c2*26-5-1(6(27)14(35)21(42)13(5)34)25(2-7(28)15(36)22(43)16(37)8(2)29,3-9(30)17(38)23(44)18(39)10(3)31)4-11(32)19(40)24(45)20(41)12(4)33;/q2*-1;+2. The van der Waals surface area contributed by atoms with E-state index in [-0.39, 0.29) is 27.7 Å². The van der Waals surface area contributed by atoms with E-state index in [4.69, 9.17) is 0 Å². The number of hydrogen-bond acceptors (Lipinski definition) is 0. The van der Waals surface area contributed by atoms with E-state index in [1.807, 2.05) is 0 Å². The fraction of sp³-hybridized carbons (Fsp3) is 0. The van der Waals surface area contributed by atoms with Gasteiger partial charge in [0.25, 0.3) is 0 Å². The molecule has 0 heterocycles. The van der Waals surface area contributed by atoms with E-state index in [1.165, 1.54) is 0 Å². The Labute approximate surface area is 490 Å². The van der Waals surface area contributed by atoms with Crippen molar-refractivity contribution in [2.45, 2.75) is 0 Å². The fourth-order valence-corrected chi connectivity index (χ4v) is 9.75. The average Bonchev–Trinajstić information content (AvgIpc) is 0.690. The van der Waals surface area contributed by atoms with Gasteiger partial charge < -0.3 is 0 Å². The topological polar surface area (TPSA) is 0 Å².